The first-order chi connectivity index (χ1) is 8.16. The van der Waals surface area contributed by atoms with Gasteiger partial charge in [0.1, 0.15) is 4.88 Å². The zero-order valence-corrected chi connectivity index (χ0v) is 9.19. The van der Waals surface area contributed by atoms with Crippen LogP contribution in [0.4, 0.5) is 0 Å². The number of H-pyrrole nitrogens is 1. The second kappa shape index (κ2) is 4.70. The molecule has 2 aromatic heterocycles. The first kappa shape index (κ1) is 11.2. The molecule has 8 nitrogen and oxygen atoms in total. The van der Waals surface area contributed by atoms with E-state index in [9.17, 15) is 9.59 Å². The lowest BCUT2D eigenvalue weighted by atomic mass is 10.4. The van der Waals surface area contributed by atoms with Gasteiger partial charge in [0.25, 0.3) is 5.91 Å². The van der Waals surface area contributed by atoms with Gasteiger partial charge >= 0.3 is 5.97 Å². The maximum Gasteiger partial charge on any atom is 0.345 e. The number of aromatic nitrogens is 4. The first-order valence-electron chi connectivity index (χ1n) is 4.50. The molecule has 0 spiro atoms. The average Bonchev–Trinajstić information content (AvgIpc) is 2.96. The highest BCUT2D eigenvalue weighted by atomic mass is 32.1. The molecule has 0 aliphatic rings. The van der Waals surface area contributed by atoms with E-state index >= 15 is 0 Å². The quantitative estimate of drug-likeness (QED) is 0.699. The van der Waals surface area contributed by atoms with Crippen molar-refractivity contribution in [3.63, 3.8) is 0 Å². The summed E-state index contributed by atoms with van der Waals surface area (Å²) >= 11 is 0.910. The Bertz CT molecular complexity index is 535. The third-order valence-electron chi connectivity index (χ3n) is 1.84. The molecular weight excluding hydrogens is 246 g/mol. The maximum atomic E-state index is 11.6. The van der Waals surface area contributed by atoms with Crippen LogP contribution in [0.15, 0.2) is 12.1 Å². The van der Waals surface area contributed by atoms with E-state index < -0.39 is 5.97 Å². The van der Waals surface area contributed by atoms with E-state index in [0.717, 1.165) is 11.3 Å². The monoisotopic (exact) mass is 253 g/mol. The molecule has 1 amide bonds. The second-order valence-corrected chi connectivity index (χ2v) is 4.06. The number of carboxylic acid groups (broad SMARTS) is 1. The van der Waals surface area contributed by atoms with Crippen LogP contribution in [0.1, 0.15) is 25.2 Å². The van der Waals surface area contributed by atoms with Gasteiger partial charge in [-0.1, -0.05) is 5.21 Å². The van der Waals surface area contributed by atoms with Gasteiger partial charge in [-0.15, -0.1) is 21.5 Å². The summed E-state index contributed by atoms with van der Waals surface area (Å²) in [4.78, 5) is 22.7. The highest BCUT2D eigenvalue weighted by Crippen LogP contribution is 2.16. The third kappa shape index (κ3) is 2.64. The van der Waals surface area contributed by atoms with Crippen LogP contribution in [-0.4, -0.2) is 37.6 Å². The topological polar surface area (TPSA) is 121 Å². The number of thiophene rings is 1. The van der Waals surface area contributed by atoms with Gasteiger partial charge in [-0.25, -0.2) is 4.79 Å². The summed E-state index contributed by atoms with van der Waals surface area (Å²) in [6.07, 6.45) is 0. The first-order valence-corrected chi connectivity index (χ1v) is 5.32. The summed E-state index contributed by atoms with van der Waals surface area (Å²) < 4.78 is 0. The molecular formula is C8H7N5O3S. The zero-order chi connectivity index (χ0) is 12.3. The Kier molecular flexibility index (Phi) is 3.10. The Morgan fingerprint density at radius 2 is 2.18 bits per heavy atom. The van der Waals surface area contributed by atoms with E-state index in [0.29, 0.717) is 10.7 Å². The van der Waals surface area contributed by atoms with E-state index in [4.69, 9.17) is 5.11 Å². The van der Waals surface area contributed by atoms with Crippen LogP contribution in [-0.2, 0) is 6.54 Å². The van der Waals surface area contributed by atoms with Crippen LogP contribution in [0.2, 0.25) is 0 Å². The second-order valence-electron chi connectivity index (χ2n) is 2.98. The lowest BCUT2D eigenvalue weighted by molar-refractivity contribution is 0.0702. The van der Waals surface area contributed by atoms with Gasteiger partial charge in [-0.3, -0.25) is 4.79 Å². The number of nitrogens with zero attached hydrogens (tertiary/aromatic N) is 3. The van der Waals surface area contributed by atoms with Gasteiger partial charge in [0.2, 0.25) is 0 Å². The fourth-order valence-electron chi connectivity index (χ4n) is 1.08. The van der Waals surface area contributed by atoms with Crippen molar-refractivity contribution in [3.05, 3.63) is 27.7 Å². The molecule has 0 radical (unpaired) electrons. The Balaban J connectivity index is 1.97. The molecule has 0 atom stereocenters. The number of hydrogen-bond donors (Lipinski definition) is 3. The highest BCUT2D eigenvalue weighted by molar-refractivity contribution is 7.15. The number of tetrazole rings is 1. The number of nitrogens with one attached hydrogen (secondary N) is 2. The fourth-order valence-corrected chi connectivity index (χ4v) is 1.84. The van der Waals surface area contributed by atoms with Crippen molar-refractivity contribution in [2.24, 2.45) is 0 Å². The molecule has 0 bridgehead atoms. The molecule has 0 aromatic carbocycles. The number of amides is 1. The molecule has 0 fully saturated rings. The van der Waals surface area contributed by atoms with Crippen LogP contribution in [0.5, 0.6) is 0 Å². The maximum absolute atomic E-state index is 11.6. The van der Waals surface area contributed by atoms with Crippen molar-refractivity contribution in [1.82, 2.24) is 25.9 Å². The van der Waals surface area contributed by atoms with Crippen molar-refractivity contribution in [2.75, 3.05) is 0 Å². The molecule has 0 unspecified atom stereocenters. The third-order valence-corrected chi connectivity index (χ3v) is 2.91. The van der Waals surface area contributed by atoms with Crippen molar-refractivity contribution >= 4 is 23.2 Å². The van der Waals surface area contributed by atoms with Crippen LogP contribution in [0, 0.1) is 0 Å². The minimum absolute atomic E-state index is 0.120. The standard InChI is InChI=1S/C8H7N5O3S/c14-7(9-3-6-10-12-13-11-6)4-1-2-5(17-4)8(15)16/h1-2H,3H2,(H,9,14)(H,15,16)(H,10,11,12,13). The SMILES string of the molecule is O=C(O)c1ccc(C(=O)NCc2nn[nH]n2)s1. The number of aromatic carboxylic acids is 1. The predicted molar refractivity (Wildman–Crippen MR) is 56.6 cm³/mol. The largest absolute Gasteiger partial charge is 0.477 e. The lowest BCUT2D eigenvalue weighted by Crippen LogP contribution is -2.22. The Morgan fingerprint density at radius 3 is 2.76 bits per heavy atom. The Hall–Kier alpha value is -2.29. The summed E-state index contributed by atoms with van der Waals surface area (Å²) in [7, 11) is 0. The normalized spacial score (nSPS) is 10.1. The van der Waals surface area contributed by atoms with Gasteiger partial charge in [0, 0.05) is 0 Å². The summed E-state index contributed by atoms with van der Waals surface area (Å²) in [6.45, 7) is 0.135. The summed E-state index contributed by atoms with van der Waals surface area (Å²) in [5.74, 6) is -1.06. The minimum atomic E-state index is -1.05. The van der Waals surface area contributed by atoms with Crippen molar-refractivity contribution in [1.29, 1.82) is 0 Å². The lowest BCUT2D eigenvalue weighted by Gasteiger charge is -1.98. The Morgan fingerprint density at radius 1 is 1.41 bits per heavy atom. The molecule has 2 rings (SSSR count). The number of carbonyl (C=O) groups excluding carboxylic acids is 1. The van der Waals surface area contributed by atoms with E-state index in [1.54, 1.807) is 0 Å². The highest BCUT2D eigenvalue weighted by Gasteiger charge is 2.13. The van der Waals surface area contributed by atoms with Crippen LogP contribution >= 0.6 is 11.3 Å². The van der Waals surface area contributed by atoms with Gasteiger partial charge in [0.15, 0.2) is 5.82 Å². The number of carboxylic acids is 1. The van der Waals surface area contributed by atoms with Crippen molar-refractivity contribution < 1.29 is 14.7 Å². The number of aromatic amines is 1. The van der Waals surface area contributed by atoms with E-state index in [1.165, 1.54) is 12.1 Å². The van der Waals surface area contributed by atoms with Crippen LogP contribution in [0.25, 0.3) is 0 Å². The molecule has 88 valence electrons. The number of carbonyl (C=O) groups is 2. The van der Waals surface area contributed by atoms with E-state index in [-0.39, 0.29) is 17.3 Å². The smallest absolute Gasteiger partial charge is 0.345 e. The molecule has 17 heavy (non-hydrogen) atoms. The molecule has 2 aromatic rings. The molecule has 3 N–H and O–H groups in total. The van der Waals surface area contributed by atoms with Crippen molar-refractivity contribution in [2.45, 2.75) is 6.54 Å². The average molecular weight is 253 g/mol. The molecule has 2 heterocycles. The summed E-state index contributed by atoms with van der Waals surface area (Å²) in [6, 6.07) is 2.84. The van der Waals surface area contributed by atoms with Gasteiger partial charge in [0.05, 0.1) is 11.4 Å². The van der Waals surface area contributed by atoms with Crippen molar-refractivity contribution in [3.8, 4) is 0 Å². The van der Waals surface area contributed by atoms with Crippen LogP contribution in [0.3, 0.4) is 0 Å². The van der Waals surface area contributed by atoms with Crippen LogP contribution < -0.4 is 5.32 Å². The molecule has 0 aliphatic carbocycles. The number of hydrogen-bond acceptors (Lipinski definition) is 6. The molecule has 9 heteroatoms. The van der Waals surface area contributed by atoms with Gasteiger partial charge in [-0.2, -0.15) is 5.21 Å². The van der Waals surface area contributed by atoms with E-state index in [1.807, 2.05) is 0 Å². The van der Waals surface area contributed by atoms with Gasteiger partial charge < -0.3 is 10.4 Å². The van der Waals surface area contributed by atoms with E-state index in [2.05, 4.69) is 25.9 Å². The van der Waals surface area contributed by atoms with Gasteiger partial charge in [-0.05, 0) is 12.1 Å². The predicted octanol–water partition coefficient (Wildman–Crippen LogP) is -0.111. The minimum Gasteiger partial charge on any atom is -0.477 e. The molecule has 0 aliphatic heterocycles. The summed E-state index contributed by atoms with van der Waals surface area (Å²) in [5.41, 5.74) is 0. The number of rotatable bonds is 4. The molecule has 0 saturated heterocycles. The zero-order valence-electron chi connectivity index (χ0n) is 8.38. The summed E-state index contributed by atoms with van der Waals surface area (Å²) in [5, 5.41) is 24.2. The molecule has 0 saturated carbocycles. The Labute approximate surface area is 98.7 Å². The fraction of sp³-hybridized carbons (Fsp3) is 0.125.